The van der Waals surface area contributed by atoms with Crippen LogP contribution in [0.4, 0.5) is 10.1 Å². The van der Waals surface area contributed by atoms with E-state index in [-0.39, 0.29) is 11.7 Å². The molecule has 21 heavy (non-hydrogen) atoms. The van der Waals surface area contributed by atoms with Crippen molar-refractivity contribution in [1.82, 2.24) is 0 Å². The second kappa shape index (κ2) is 6.15. The molecule has 6 heteroatoms. The van der Waals surface area contributed by atoms with Crippen LogP contribution in [0.3, 0.4) is 0 Å². The number of nitrogens with two attached hydrogens (primary N) is 1. The number of methoxy groups -OCH3 is 1. The molecular weight excluding hydrogens is 357 g/mol. The normalized spacial score (nSPS) is 11.0. The molecule has 0 bridgehead atoms. The molecule has 2 N–H and O–H groups in total. The Balaban J connectivity index is 2.67. The van der Waals surface area contributed by atoms with Crippen LogP contribution in [0.5, 0.6) is 0 Å². The molecule has 0 spiro atoms. The van der Waals surface area contributed by atoms with Crippen LogP contribution in [-0.4, -0.2) is 13.1 Å². The van der Waals surface area contributed by atoms with Crippen LogP contribution in [0.15, 0.2) is 22.7 Å². The van der Waals surface area contributed by atoms with Crippen molar-refractivity contribution in [3.8, 4) is 10.4 Å². The van der Waals surface area contributed by atoms with E-state index in [1.165, 1.54) is 24.5 Å². The lowest BCUT2D eigenvalue weighted by Gasteiger charge is -2.09. The van der Waals surface area contributed by atoms with Crippen LogP contribution >= 0.6 is 27.3 Å². The zero-order chi connectivity index (χ0) is 15.7. The topological polar surface area (TPSA) is 52.3 Å². The minimum Gasteiger partial charge on any atom is -0.465 e. The fourth-order valence-electron chi connectivity index (χ4n) is 2.13. The van der Waals surface area contributed by atoms with E-state index in [1.54, 1.807) is 12.1 Å². The van der Waals surface area contributed by atoms with Crippen LogP contribution in [0.25, 0.3) is 10.4 Å². The van der Waals surface area contributed by atoms with E-state index >= 15 is 0 Å². The Morgan fingerprint density at radius 1 is 1.43 bits per heavy atom. The fraction of sp³-hybridized carbons (Fsp3) is 0.267. The van der Waals surface area contributed by atoms with Gasteiger partial charge in [0.15, 0.2) is 0 Å². The number of hydrogen-bond acceptors (Lipinski definition) is 4. The molecule has 0 aliphatic carbocycles. The number of nitrogen functional groups attached to an aromatic ring is 1. The van der Waals surface area contributed by atoms with Crippen molar-refractivity contribution >= 4 is 38.9 Å². The summed E-state index contributed by atoms with van der Waals surface area (Å²) < 4.78 is 18.5. The summed E-state index contributed by atoms with van der Waals surface area (Å²) in [6.07, 6.45) is 0. The molecule has 3 nitrogen and oxygen atoms in total. The number of benzene rings is 1. The van der Waals surface area contributed by atoms with Crippen molar-refractivity contribution in [3.05, 3.63) is 38.9 Å². The Labute approximate surface area is 135 Å². The van der Waals surface area contributed by atoms with Crippen molar-refractivity contribution in [2.75, 3.05) is 12.8 Å². The first-order chi connectivity index (χ1) is 9.86. The van der Waals surface area contributed by atoms with Gasteiger partial charge < -0.3 is 10.5 Å². The van der Waals surface area contributed by atoms with E-state index in [0.29, 0.717) is 15.0 Å². The number of carbonyl (C=O) groups is 1. The monoisotopic (exact) mass is 371 g/mol. The van der Waals surface area contributed by atoms with Gasteiger partial charge >= 0.3 is 5.97 Å². The Bertz CT molecular complexity index is 697. The summed E-state index contributed by atoms with van der Waals surface area (Å²) in [6.45, 7) is 4.00. The molecule has 0 saturated carbocycles. The van der Waals surface area contributed by atoms with Crippen LogP contribution in [0.1, 0.15) is 35.0 Å². The summed E-state index contributed by atoms with van der Waals surface area (Å²) in [5, 5.41) is 0. The number of anilines is 1. The smallest absolute Gasteiger partial charge is 0.350 e. The predicted octanol–water partition coefficient (Wildman–Crippen LogP) is 4.81. The highest BCUT2D eigenvalue weighted by Gasteiger charge is 2.24. The molecular formula is C15H15BrFNO2S. The second-order valence-electron chi connectivity index (χ2n) is 4.86. The van der Waals surface area contributed by atoms with E-state index < -0.39 is 5.97 Å². The van der Waals surface area contributed by atoms with Crippen molar-refractivity contribution in [1.29, 1.82) is 0 Å². The standard InChI is InChI=1S/C15H15BrFNO2S/c1-7(2)11-12(18)14(15(19)20-3)21-13(11)8-4-5-10(17)9(16)6-8/h4-7H,18H2,1-3H3. The van der Waals surface area contributed by atoms with Crippen LogP contribution in [0.2, 0.25) is 0 Å². The van der Waals surface area contributed by atoms with E-state index in [9.17, 15) is 9.18 Å². The number of rotatable bonds is 3. The number of hydrogen-bond donors (Lipinski definition) is 1. The quantitative estimate of drug-likeness (QED) is 0.787. The van der Waals surface area contributed by atoms with Crippen LogP contribution < -0.4 is 5.73 Å². The first-order valence-electron chi connectivity index (χ1n) is 6.32. The maximum atomic E-state index is 13.4. The molecule has 0 saturated heterocycles. The highest BCUT2D eigenvalue weighted by Crippen LogP contribution is 2.43. The van der Waals surface area contributed by atoms with E-state index in [1.807, 2.05) is 13.8 Å². The summed E-state index contributed by atoms with van der Waals surface area (Å²) in [5.41, 5.74) is 8.26. The largest absolute Gasteiger partial charge is 0.465 e. The first-order valence-corrected chi connectivity index (χ1v) is 7.93. The highest BCUT2D eigenvalue weighted by atomic mass is 79.9. The van der Waals surface area contributed by atoms with E-state index in [0.717, 1.165) is 16.0 Å². The molecule has 0 atom stereocenters. The van der Waals surface area contributed by atoms with Gasteiger partial charge in [0.05, 0.1) is 17.3 Å². The third-order valence-electron chi connectivity index (χ3n) is 3.11. The van der Waals surface area contributed by atoms with Crippen molar-refractivity contribution in [2.24, 2.45) is 0 Å². The molecule has 0 aliphatic rings. The van der Waals surface area contributed by atoms with Gasteiger partial charge in [0, 0.05) is 4.88 Å². The van der Waals surface area contributed by atoms with Gasteiger partial charge in [-0.05, 0) is 45.1 Å². The van der Waals surface area contributed by atoms with Gasteiger partial charge in [0.1, 0.15) is 10.7 Å². The maximum Gasteiger partial charge on any atom is 0.350 e. The zero-order valence-corrected chi connectivity index (χ0v) is 14.3. The summed E-state index contributed by atoms with van der Waals surface area (Å²) in [4.78, 5) is 13.1. The average Bonchev–Trinajstić information content (AvgIpc) is 2.78. The van der Waals surface area contributed by atoms with Gasteiger partial charge in [-0.2, -0.15) is 0 Å². The summed E-state index contributed by atoms with van der Waals surface area (Å²) in [5.74, 6) is -0.645. The number of ether oxygens (including phenoxy) is 1. The molecule has 0 aliphatic heterocycles. The lowest BCUT2D eigenvalue weighted by atomic mass is 9.98. The van der Waals surface area contributed by atoms with Gasteiger partial charge in [-0.15, -0.1) is 11.3 Å². The van der Waals surface area contributed by atoms with Gasteiger partial charge in [0.25, 0.3) is 0 Å². The summed E-state index contributed by atoms with van der Waals surface area (Å²) >= 11 is 4.45. The summed E-state index contributed by atoms with van der Waals surface area (Å²) in [6, 6.07) is 4.75. The Kier molecular flexibility index (Phi) is 4.68. The molecule has 1 aromatic carbocycles. The minimum atomic E-state index is -0.452. The number of halogens is 2. The minimum absolute atomic E-state index is 0.137. The highest BCUT2D eigenvalue weighted by molar-refractivity contribution is 9.10. The van der Waals surface area contributed by atoms with E-state index in [2.05, 4.69) is 15.9 Å². The van der Waals surface area contributed by atoms with Gasteiger partial charge in [0.2, 0.25) is 0 Å². The number of carbonyl (C=O) groups excluding carboxylic acids is 1. The third-order valence-corrected chi connectivity index (χ3v) is 4.97. The molecule has 2 rings (SSSR count). The molecule has 1 heterocycles. The average molecular weight is 372 g/mol. The van der Waals surface area contributed by atoms with Crippen molar-refractivity contribution < 1.29 is 13.9 Å². The lowest BCUT2D eigenvalue weighted by molar-refractivity contribution is 0.0607. The fourth-order valence-corrected chi connectivity index (χ4v) is 3.80. The number of esters is 1. The SMILES string of the molecule is COC(=O)c1sc(-c2ccc(F)c(Br)c2)c(C(C)C)c1N. The second-order valence-corrected chi connectivity index (χ2v) is 6.74. The van der Waals surface area contributed by atoms with E-state index in [4.69, 9.17) is 10.5 Å². The van der Waals surface area contributed by atoms with Gasteiger partial charge in [-0.1, -0.05) is 19.9 Å². The Hall–Kier alpha value is -1.40. The van der Waals surface area contributed by atoms with Gasteiger partial charge in [-0.25, -0.2) is 9.18 Å². The molecule has 112 valence electrons. The molecule has 0 amide bonds. The van der Waals surface area contributed by atoms with Crippen LogP contribution in [0, 0.1) is 5.82 Å². The Morgan fingerprint density at radius 2 is 2.10 bits per heavy atom. The number of thiophene rings is 1. The zero-order valence-electron chi connectivity index (χ0n) is 11.9. The molecule has 2 aromatic rings. The van der Waals surface area contributed by atoms with Crippen molar-refractivity contribution in [3.63, 3.8) is 0 Å². The molecule has 0 fully saturated rings. The maximum absolute atomic E-state index is 13.4. The summed E-state index contributed by atoms with van der Waals surface area (Å²) in [7, 11) is 1.32. The van der Waals surface area contributed by atoms with Crippen LogP contribution in [-0.2, 0) is 4.74 Å². The molecule has 0 radical (unpaired) electrons. The Morgan fingerprint density at radius 3 is 2.62 bits per heavy atom. The van der Waals surface area contributed by atoms with Crippen molar-refractivity contribution in [2.45, 2.75) is 19.8 Å². The lowest BCUT2D eigenvalue weighted by Crippen LogP contribution is -2.03. The van der Waals surface area contributed by atoms with Gasteiger partial charge in [-0.3, -0.25) is 0 Å². The predicted molar refractivity (Wildman–Crippen MR) is 87.3 cm³/mol. The third kappa shape index (κ3) is 2.96. The first kappa shape index (κ1) is 16.0. The molecule has 1 aromatic heterocycles. The molecule has 0 unspecified atom stereocenters.